The number of carboxylic acid groups (broad SMARTS) is 1. The van der Waals surface area contributed by atoms with Crippen LogP contribution in [-0.2, 0) is 29.1 Å². The highest BCUT2D eigenvalue weighted by molar-refractivity contribution is 5.92. The number of hydrogen-bond donors (Lipinski definition) is 1. The van der Waals surface area contributed by atoms with Crippen LogP contribution in [0.4, 0.5) is 4.79 Å². The Balaban J connectivity index is 0.000000425. The molecule has 130 valence electrons. The number of carbonyl (C=O) groups is 2. The van der Waals surface area contributed by atoms with E-state index in [1.165, 1.54) is 0 Å². The molecule has 0 aromatic carbocycles. The average molecular weight is 323 g/mol. The largest absolute Gasteiger partial charge is 0.465 e. The van der Waals surface area contributed by atoms with Crippen LogP contribution >= 0.6 is 0 Å². The van der Waals surface area contributed by atoms with Crippen LogP contribution in [-0.4, -0.2) is 68.2 Å². The minimum absolute atomic E-state index is 0.275. The zero-order valence-electron chi connectivity index (χ0n) is 13.1. The lowest BCUT2D eigenvalue weighted by molar-refractivity contribution is -0.304. The maximum atomic E-state index is 10.6. The highest BCUT2D eigenvalue weighted by Crippen LogP contribution is 2.08. The topological polar surface area (TPSA) is 104 Å². The van der Waals surface area contributed by atoms with E-state index in [1.54, 1.807) is 0 Å². The second-order valence-electron chi connectivity index (χ2n) is 4.00. The molecule has 0 spiro atoms. The van der Waals surface area contributed by atoms with E-state index >= 15 is 0 Å². The number of rotatable bonds is 10. The molecule has 0 saturated carbocycles. The Morgan fingerprint density at radius 2 is 1.59 bits per heavy atom. The molecule has 1 N–H and O–H groups in total. The maximum absolute atomic E-state index is 10.6. The van der Waals surface area contributed by atoms with E-state index in [0.29, 0.717) is 59.0 Å². The lowest BCUT2D eigenvalue weighted by Crippen LogP contribution is -2.29. The smallest absolute Gasteiger partial charge is 0.414 e. The van der Waals surface area contributed by atoms with Gasteiger partial charge in [-0.05, 0) is 20.3 Å². The molecule has 0 aromatic heterocycles. The van der Waals surface area contributed by atoms with E-state index in [2.05, 4.69) is 9.78 Å². The lowest BCUT2D eigenvalue weighted by Gasteiger charge is -2.05. The molecule has 9 heteroatoms. The third kappa shape index (κ3) is 11.4. The molecule has 0 aromatic rings. The Hall–Kier alpha value is -1.26. The summed E-state index contributed by atoms with van der Waals surface area (Å²) in [6.45, 7) is 7.04. The number of imide groups is 1. The SMILES string of the molecule is CCOOCCOCCOOCC.O=C(O)N1CCCC1=O. The van der Waals surface area contributed by atoms with Crippen molar-refractivity contribution < 1.29 is 39.0 Å². The van der Waals surface area contributed by atoms with E-state index in [1.807, 2.05) is 13.8 Å². The number of ether oxygens (including phenoxy) is 1. The molecule has 2 amide bonds. The Labute approximate surface area is 129 Å². The molecule has 0 aliphatic carbocycles. The summed E-state index contributed by atoms with van der Waals surface area (Å²) in [5.41, 5.74) is 0. The van der Waals surface area contributed by atoms with Crippen molar-refractivity contribution in [3.63, 3.8) is 0 Å². The molecule has 1 fully saturated rings. The van der Waals surface area contributed by atoms with Crippen LogP contribution in [0.5, 0.6) is 0 Å². The van der Waals surface area contributed by atoms with Gasteiger partial charge in [-0.15, -0.1) is 0 Å². The summed E-state index contributed by atoms with van der Waals surface area (Å²) in [5, 5.41) is 8.29. The van der Waals surface area contributed by atoms with Crippen LogP contribution in [0, 0.1) is 0 Å². The summed E-state index contributed by atoms with van der Waals surface area (Å²) in [4.78, 5) is 40.2. The van der Waals surface area contributed by atoms with Crippen LogP contribution in [0.25, 0.3) is 0 Å². The second-order valence-corrected chi connectivity index (χ2v) is 4.00. The molecular weight excluding hydrogens is 298 g/mol. The van der Waals surface area contributed by atoms with Gasteiger partial charge >= 0.3 is 6.09 Å². The fraction of sp³-hybridized carbons (Fsp3) is 0.846. The van der Waals surface area contributed by atoms with Crippen LogP contribution < -0.4 is 0 Å². The van der Waals surface area contributed by atoms with Crippen LogP contribution in [0.2, 0.25) is 0 Å². The van der Waals surface area contributed by atoms with Gasteiger partial charge in [-0.25, -0.2) is 29.2 Å². The molecule has 1 rings (SSSR count). The zero-order valence-corrected chi connectivity index (χ0v) is 13.1. The highest BCUT2D eigenvalue weighted by Gasteiger charge is 2.25. The zero-order chi connectivity index (χ0) is 16.6. The molecule has 9 nitrogen and oxygen atoms in total. The first-order valence-corrected chi connectivity index (χ1v) is 7.23. The van der Waals surface area contributed by atoms with Gasteiger partial charge in [-0.2, -0.15) is 0 Å². The first kappa shape index (κ1) is 20.7. The minimum atomic E-state index is -1.13. The van der Waals surface area contributed by atoms with Gasteiger partial charge in [-0.1, -0.05) is 0 Å². The Bertz CT molecular complexity index is 290. The monoisotopic (exact) mass is 323 g/mol. The van der Waals surface area contributed by atoms with Crippen LogP contribution in [0.15, 0.2) is 0 Å². The van der Waals surface area contributed by atoms with Crippen molar-refractivity contribution in [2.24, 2.45) is 0 Å². The van der Waals surface area contributed by atoms with E-state index in [-0.39, 0.29) is 5.91 Å². The van der Waals surface area contributed by atoms with E-state index in [0.717, 1.165) is 4.90 Å². The van der Waals surface area contributed by atoms with Crippen LogP contribution in [0.1, 0.15) is 26.7 Å². The molecule has 0 unspecified atom stereocenters. The summed E-state index contributed by atoms with van der Waals surface area (Å²) < 4.78 is 5.12. The highest BCUT2D eigenvalue weighted by atomic mass is 17.2. The summed E-state index contributed by atoms with van der Waals surface area (Å²) in [6.07, 6.45) is -0.0743. The summed E-state index contributed by atoms with van der Waals surface area (Å²) >= 11 is 0. The van der Waals surface area contributed by atoms with Gasteiger partial charge in [0.25, 0.3) is 0 Å². The third-order valence-electron chi connectivity index (χ3n) is 2.33. The summed E-state index contributed by atoms with van der Waals surface area (Å²) in [6, 6.07) is 0. The minimum Gasteiger partial charge on any atom is -0.465 e. The standard InChI is InChI=1S/C8H18O5.C5H7NO3/c1-3-10-12-7-5-9-6-8-13-11-4-2;7-4-2-1-3-6(4)5(8)9/h3-8H2,1-2H3;1-3H2,(H,8,9). The van der Waals surface area contributed by atoms with Gasteiger partial charge in [0.1, 0.15) is 13.2 Å². The first-order chi connectivity index (χ1) is 10.6. The normalized spacial score (nSPS) is 13.9. The Morgan fingerprint density at radius 3 is 1.91 bits per heavy atom. The average Bonchev–Trinajstić information content (AvgIpc) is 2.93. The third-order valence-corrected chi connectivity index (χ3v) is 2.33. The van der Waals surface area contributed by atoms with E-state index in [9.17, 15) is 9.59 Å². The predicted octanol–water partition coefficient (Wildman–Crippen LogP) is 1.23. The van der Waals surface area contributed by atoms with Crippen molar-refractivity contribution in [3.8, 4) is 0 Å². The van der Waals surface area contributed by atoms with Gasteiger partial charge in [0.2, 0.25) is 5.91 Å². The first-order valence-electron chi connectivity index (χ1n) is 7.23. The van der Waals surface area contributed by atoms with Crippen molar-refractivity contribution in [2.45, 2.75) is 26.7 Å². The van der Waals surface area contributed by atoms with Crippen molar-refractivity contribution in [1.29, 1.82) is 0 Å². The Morgan fingerprint density at radius 1 is 1.05 bits per heavy atom. The molecule has 0 radical (unpaired) electrons. The molecule has 0 atom stereocenters. The van der Waals surface area contributed by atoms with Crippen molar-refractivity contribution in [3.05, 3.63) is 0 Å². The number of amides is 2. The van der Waals surface area contributed by atoms with Crippen LogP contribution in [0.3, 0.4) is 0 Å². The lowest BCUT2D eigenvalue weighted by atomic mass is 10.4. The summed E-state index contributed by atoms with van der Waals surface area (Å²) in [5.74, 6) is -0.275. The molecule has 1 heterocycles. The number of carbonyl (C=O) groups excluding carboxylic acids is 1. The van der Waals surface area contributed by atoms with E-state index in [4.69, 9.17) is 19.6 Å². The number of nitrogens with zero attached hydrogens (tertiary/aromatic N) is 1. The van der Waals surface area contributed by atoms with Crippen molar-refractivity contribution in [2.75, 3.05) is 46.2 Å². The fourth-order valence-corrected chi connectivity index (χ4v) is 1.42. The molecule has 1 saturated heterocycles. The molecular formula is C13H25NO8. The maximum Gasteiger partial charge on any atom is 0.414 e. The molecule has 1 aliphatic rings. The van der Waals surface area contributed by atoms with E-state index < -0.39 is 6.09 Å². The predicted molar refractivity (Wildman–Crippen MR) is 74.9 cm³/mol. The number of hydrogen-bond acceptors (Lipinski definition) is 7. The van der Waals surface area contributed by atoms with Gasteiger partial charge in [0.05, 0.1) is 26.4 Å². The van der Waals surface area contributed by atoms with Gasteiger partial charge in [0, 0.05) is 13.0 Å². The second kappa shape index (κ2) is 14.7. The molecule has 22 heavy (non-hydrogen) atoms. The van der Waals surface area contributed by atoms with Crippen molar-refractivity contribution >= 4 is 12.0 Å². The van der Waals surface area contributed by atoms with Gasteiger partial charge < -0.3 is 9.84 Å². The number of likely N-dealkylation sites (tertiary alicyclic amines) is 1. The Kier molecular flexibility index (Phi) is 13.8. The summed E-state index contributed by atoms with van der Waals surface area (Å²) in [7, 11) is 0. The van der Waals surface area contributed by atoms with Gasteiger partial charge in [-0.3, -0.25) is 4.79 Å². The quantitative estimate of drug-likeness (QED) is 0.364. The fourth-order valence-electron chi connectivity index (χ4n) is 1.42. The molecule has 1 aliphatic heterocycles. The molecule has 0 bridgehead atoms. The van der Waals surface area contributed by atoms with Crippen molar-refractivity contribution in [1.82, 2.24) is 4.90 Å². The van der Waals surface area contributed by atoms with Gasteiger partial charge in [0.15, 0.2) is 0 Å².